The molecule has 0 heterocycles. The third-order valence-corrected chi connectivity index (χ3v) is 8.03. The van der Waals surface area contributed by atoms with E-state index in [0.29, 0.717) is 0 Å². The fourth-order valence-corrected chi connectivity index (χ4v) is 5.26. The zero-order valence-electron chi connectivity index (χ0n) is 28.9. The van der Waals surface area contributed by atoms with E-state index >= 15 is 0 Å². The molecule has 0 bridgehead atoms. The van der Waals surface area contributed by atoms with Crippen LogP contribution in [0.15, 0.2) is 110 Å². The minimum atomic E-state index is -4.77. The number of benzene rings is 5. The molecule has 0 saturated heterocycles. The summed E-state index contributed by atoms with van der Waals surface area (Å²) in [6.07, 6.45) is 0. The summed E-state index contributed by atoms with van der Waals surface area (Å²) in [6, 6.07) is 17.0. The quantitative estimate of drug-likeness (QED) is 0.0648. The van der Waals surface area contributed by atoms with Gasteiger partial charge in [-0.2, -0.15) is 20.5 Å². The van der Waals surface area contributed by atoms with Crippen LogP contribution in [0.3, 0.4) is 0 Å². The summed E-state index contributed by atoms with van der Waals surface area (Å²) in [7, 11) is -4.77. The van der Waals surface area contributed by atoms with Crippen LogP contribution in [0, 0.1) is 20.2 Å². The summed E-state index contributed by atoms with van der Waals surface area (Å²) >= 11 is 0. The van der Waals surface area contributed by atoms with Gasteiger partial charge in [0.1, 0.15) is 10.1 Å². The molecule has 1 radical (unpaired) electrons. The van der Waals surface area contributed by atoms with Crippen molar-refractivity contribution in [1.29, 1.82) is 0 Å². The van der Waals surface area contributed by atoms with Crippen molar-refractivity contribution in [2.45, 2.75) is 18.7 Å². The van der Waals surface area contributed by atoms with Crippen molar-refractivity contribution in [3.63, 3.8) is 0 Å². The molecule has 21 heteroatoms. The van der Waals surface area contributed by atoms with Crippen molar-refractivity contribution < 1.29 is 91.6 Å². The van der Waals surface area contributed by atoms with E-state index in [2.05, 4.69) is 20.5 Å². The maximum Gasteiger partial charge on any atom is 3.00 e. The number of rotatable bonds is 10. The minimum absolute atomic E-state index is 0. The zero-order chi connectivity index (χ0) is 37.5. The second-order valence-electron chi connectivity index (χ2n) is 10.3. The van der Waals surface area contributed by atoms with Crippen molar-refractivity contribution in [1.82, 2.24) is 0 Å². The second kappa shape index (κ2) is 19.0. The van der Waals surface area contributed by atoms with Gasteiger partial charge in [0.05, 0.1) is 37.5 Å². The zero-order valence-corrected chi connectivity index (χ0v) is 32.0. The molecule has 53 heavy (non-hydrogen) atoms. The third kappa shape index (κ3) is 10.9. The topological polar surface area (TPSA) is 288 Å². The Morgan fingerprint density at radius 3 is 1.49 bits per heavy atom. The predicted molar refractivity (Wildman–Crippen MR) is 175 cm³/mol. The smallest absolute Gasteiger partial charge is 0.871 e. The Kier molecular flexibility index (Phi) is 15.8. The van der Waals surface area contributed by atoms with E-state index in [4.69, 9.17) is 0 Å². The van der Waals surface area contributed by atoms with Crippen LogP contribution in [0.4, 0.5) is 39.8 Å². The Morgan fingerprint density at radius 1 is 0.642 bits per heavy atom. The van der Waals surface area contributed by atoms with Crippen LogP contribution < -0.4 is 54.9 Å². The van der Waals surface area contributed by atoms with Gasteiger partial charge in [0.15, 0.2) is 0 Å². The van der Waals surface area contributed by atoms with Gasteiger partial charge in [-0.25, -0.2) is 8.42 Å². The number of azo groups is 2. The maximum absolute atomic E-state index is 12.4. The van der Waals surface area contributed by atoms with Gasteiger partial charge in [0.2, 0.25) is 0 Å². The average Bonchev–Trinajstić information content (AvgIpc) is 3.08. The second-order valence-corrected chi connectivity index (χ2v) is 11.6. The van der Waals surface area contributed by atoms with Crippen LogP contribution in [0.5, 0.6) is 23.0 Å². The van der Waals surface area contributed by atoms with Gasteiger partial charge in [-0.1, -0.05) is 41.2 Å². The molecule has 0 aliphatic heterocycles. The number of fused-ring (bicyclic) bond motifs is 1. The van der Waals surface area contributed by atoms with Crippen molar-refractivity contribution in [2.24, 2.45) is 20.5 Å². The predicted octanol–water partition coefficient (Wildman–Crippen LogP) is 2.33. The van der Waals surface area contributed by atoms with E-state index in [0.717, 1.165) is 55.2 Å². The summed E-state index contributed by atoms with van der Waals surface area (Å²) in [6.45, 7) is 5.54. The van der Waals surface area contributed by atoms with Gasteiger partial charge in [-0.3, -0.25) is 20.2 Å². The molecule has 18 nitrogen and oxygen atoms in total. The fraction of sp³-hybridized carbons (Fsp3) is 0.125. The molecule has 0 unspecified atom stereocenters. The monoisotopic (exact) mass is 790 g/mol. The number of non-ortho nitro benzene ring substituents is 2. The van der Waals surface area contributed by atoms with Gasteiger partial charge >= 0.3 is 48.3 Å². The number of hydrogen-bond acceptors (Lipinski definition) is 16. The maximum atomic E-state index is 12.4. The first-order chi connectivity index (χ1) is 24.1. The van der Waals surface area contributed by atoms with Crippen LogP contribution in [0.1, 0.15) is 15.3 Å². The van der Waals surface area contributed by atoms with Gasteiger partial charge in [0, 0.05) is 43.0 Å². The molecule has 267 valence electrons. The van der Waals surface area contributed by atoms with E-state index in [1.165, 1.54) is 42.5 Å². The molecule has 5 aromatic rings. The number of nitro benzene ring substituents is 2. The van der Waals surface area contributed by atoms with Crippen molar-refractivity contribution in [2.75, 3.05) is 18.0 Å². The molecule has 0 fully saturated rings. The molecular formula is C32H25CrN7NaO11S. The normalized spacial score (nSPS) is 11.0. The SMILES string of the molecule is CCN(CC)c1ccc(N=Nc2ccc([N+](=O)[O-])cc2[O-])c([O-])c1.O=[N+]([O-])c1ccc(N=Nc2ccc3c(S(=O)(=O)[O-])cccc3c2[O-])c([O-])c1.[Cr+3].[H+].[Na+]. The molecule has 0 saturated carbocycles. The van der Waals surface area contributed by atoms with E-state index in [1.807, 2.05) is 18.7 Å². The molecular weight excluding hydrogens is 765 g/mol. The van der Waals surface area contributed by atoms with Gasteiger partial charge < -0.3 is 29.9 Å². The molecule has 0 N–H and O–H groups in total. The Bertz CT molecular complexity index is 2320. The van der Waals surface area contributed by atoms with Gasteiger partial charge in [0.25, 0.3) is 11.4 Å². The minimum Gasteiger partial charge on any atom is -0.871 e. The van der Waals surface area contributed by atoms with Crippen LogP contribution in [0.25, 0.3) is 10.8 Å². The standard InChI is InChI=1S/C16H18N4O4.C16H11N3O7S.Cr.Na/c1-3-19(4-2)11-5-7-13(15(21)9-11)17-18-14-8-6-12(20(23)24)10-16(14)22;20-14-8-9(19(22)23)4-6-12(14)17-18-13-7-5-10-11(16(13)21)2-1-3-15(10)27(24,25)26;;/h5-10,21-22H,3-4H2,1-2H3;1-8,20-21H,(H,24,25,26);;/q;;+3;+1/p-4. The van der Waals surface area contributed by atoms with Crippen LogP contribution in [-0.4, -0.2) is 35.9 Å². The molecule has 0 aromatic heterocycles. The number of anilines is 1. The molecule has 0 aliphatic carbocycles. The first-order valence-electron chi connectivity index (χ1n) is 14.6. The Balaban J connectivity index is 0.000000515. The van der Waals surface area contributed by atoms with E-state index in [1.54, 1.807) is 6.07 Å². The summed E-state index contributed by atoms with van der Waals surface area (Å²) in [5.74, 6) is -2.37. The third-order valence-electron chi connectivity index (χ3n) is 7.13. The first kappa shape index (κ1) is 44.0. The summed E-state index contributed by atoms with van der Waals surface area (Å²) < 4.78 is 33.9. The van der Waals surface area contributed by atoms with Crippen molar-refractivity contribution in [3.8, 4) is 23.0 Å². The summed E-state index contributed by atoms with van der Waals surface area (Å²) in [5.41, 5.74) is -0.287. The van der Waals surface area contributed by atoms with Crippen molar-refractivity contribution in [3.05, 3.63) is 105 Å². The van der Waals surface area contributed by atoms with Crippen molar-refractivity contribution >= 4 is 60.7 Å². The first-order valence-corrected chi connectivity index (χ1v) is 16.0. The molecule has 5 rings (SSSR count). The van der Waals surface area contributed by atoms with Crippen LogP contribution >= 0.6 is 0 Å². The Hall–Kier alpha value is -5.20. The van der Waals surface area contributed by atoms with Gasteiger partial charge in [-0.15, -0.1) is 0 Å². The van der Waals surface area contributed by atoms with Gasteiger partial charge in [-0.05, 0) is 67.1 Å². The number of nitrogens with zero attached hydrogens (tertiary/aromatic N) is 7. The molecule has 5 aromatic carbocycles. The van der Waals surface area contributed by atoms with E-state index in [-0.39, 0.29) is 93.3 Å². The van der Waals surface area contributed by atoms with E-state index in [9.17, 15) is 53.6 Å². The Labute approximate surface area is 335 Å². The largest absolute Gasteiger partial charge is 3.00 e. The van der Waals surface area contributed by atoms with E-state index < -0.39 is 47.8 Å². The molecule has 0 spiro atoms. The Morgan fingerprint density at radius 2 is 1.08 bits per heavy atom. The van der Waals surface area contributed by atoms with Crippen LogP contribution in [-0.2, 0) is 27.5 Å². The summed E-state index contributed by atoms with van der Waals surface area (Å²) in [4.78, 5) is 21.3. The molecule has 0 atom stereocenters. The van der Waals surface area contributed by atoms with Crippen LogP contribution in [0.2, 0.25) is 0 Å². The fourth-order valence-electron chi connectivity index (χ4n) is 4.57. The number of nitro groups is 2. The average molecular weight is 791 g/mol. The molecule has 0 aliphatic rings. The summed E-state index contributed by atoms with van der Waals surface area (Å²) in [5, 5.41) is 84.0. The number of hydrogen-bond donors (Lipinski definition) is 0. The molecule has 0 amide bonds.